The van der Waals surface area contributed by atoms with Gasteiger partial charge in [-0.2, -0.15) is 0 Å². The summed E-state index contributed by atoms with van der Waals surface area (Å²) in [7, 11) is 0. The zero-order chi connectivity index (χ0) is 18.5. The molecule has 0 atom stereocenters. The molecule has 0 radical (unpaired) electrons. The summed E-state index contributed by atoms with van der Waals surface area (Å²) in [6.45, 7) is 13.4. The third-order valence-electron chi connectivity index (χ3n) is 6.00. The number of hydrogen-bond acceptors (Lipinski definition) is 5. The van der Waals surface area contributed by atoms with Gasteiger partial charge >= 0.3 is 0 Å². The number of nitrogens with zero attached hydrogens (tertiary/aromatic N) is 4. The number of rotatable bonds is 6. The Morgan fingerprint density at radius 2 is 1.81 bits per heavy atom. The van der Waals surface area contributed by atoms with Crippen molar-refractivity contribution in [3.8, 4) is 0 Å². The summed E-state index contributed by atoms with van der Waals surface area (Å²) < 4.78 is 0. The van der Waals surface area contributed by atoms with E-state index in [4.69, 9.17) is 4.98 Å². The maximum atomic E-state index is 12.5. The summed E-state index contributed by atoms with van der Waals surface area (Å²) >= 11 is 1.75. The van der Waals surface area contributed by atoms with Crippen molar-refractivity contribution in [2.24, 2.45) is 11.8 Å². The summed E-state index contributed by atoms with van der Waals surface area (Å²) in [5.41, 5.74) is 1.20. The highest BCUT2D eigenvalue weighted by Crippen LogP contribution is 2.25. The van der Waals surface area contributed by atoms with Crippen LogP contribution in [0, 0.1) is 11.8 Å². The Hall–Kier alpha value is -1.14. The minimum absolute atomic E-state index is 0.195. The van der Waals surface area contributed by atoms with Crippen LogP contribution in [-0.2, 0) is 11.3 Å². The van der Waals surface area contributed by atoms with Crippen LogP contribution in [-0.4, -0.2) is 60.0 Å². The Balaban J connectivity index is 1.49. The zero-order valence-electron chi connectivity index (χ0n) is 16.6. The molecule has 0 N–H and O–H groups in total. The van der Waals surface area contributed by atoms with Crippen molar-refractivity contribution in [2.45, 2.75) is 53.0 Å². The normalized spacial score (nSPS) is 20.2. The van der Waals surface area contributed by atoms with Crippen molar-refractivity contribution in [1.29, 1.82) is 0 Å². The lowest BCUT2D eigenvalue weighted by molar-refractivity contribution is -0.136. The molecule has 26 heavy (non-hydrogen) atoms. The minimum Gasteiger partial charge on any atom is -0.345 e. The van der Waals surface area contributed by atoms with E-state index in [1.165, 1.54) is 31.6 Å². The molecule has 146 valence electrons. The Bertz CT molecular complexity index is 570. The number of thiazole rings is 1. The summed E-state index contributed by atoms with van der Waals surface area (Å²) in [6.07, 6.45) is 4.51. The monoisotopic (exact) mass is 378 g/mol. The number of carbonyl (C=O) groups excluding carboxylic acids is 1. The van der Waals surface area contributed by atoms with E-state index < -0.39 is 0 Å². The number of amides is 1. The maximum absolute atomic E-state index is 12.5. The molecule has 2 aliphatic rings. The summed E-state index contributed by atoms with van der Waals surface area (Å²) in [5, 5.41) is 3.34. The molecule has 3 rings (SSSR count). The molecular formula is C20H34N4OS. The fourth-order valence-corrected chi connectivity index (χ4v) is 4.85. The van der Waals surface area contributed by atoms with E-state index in [1.54, 1.807) is 11.3 Å². The van der Waals surface area contributed by atoms with Crippen LogP contribution in [0.3, 0.4) is 0 Å². The molecule has 0 saturated carbocycles. The van der Waals surface area contributed by atoms with Gasteiger partial charge in [0.15, 0.2) is 5.13 Å². The van der Waals surface area contributed by atoms with Crippen molar-refractivity contribution >= 4 is 22.4 Å². The highest BCUT2D eigenvalue weighted by atomic mass is 32.1. The number of anilines is 1. The van der Waals surface area contributed by atoms with E-state index >= 15 is 0 Å². The number of likely N-dealkylation sites (tertiary alicyclic amines) is 1. The van der Waals surface area contributed by atoms with E-state index in [2.05, 4.69) is 40.9 Å². The second kappa shape index (κ2) is 9.18. The van der Waals surface area contributed by atoms with Crippen LogP contribution in [0.2, 0.25) is 0 Å². The number of aromatic nitrogens is 1. The van der Waals surface area contributed by atoms with Gasteiger partial charge in [0.25, 0.3) is 0 Å². The Morgan fingerprint density at radius 1 is 1.15 bits per heavy atom. The van der Waals surface area contributed by atoms with Crippen molar-refractivity contribution in [3.05, 3.63) is 11.1 Å². The van der Waals surface area contributed by atoms with Crippen molar-refractivity contribution in [3.63, 3.8) is 0 Å². The van der Waals surface area contributed by atoms with Gasteiger partial charge in [-0.15, -0.1) is 11.3 Å². The molecule has 2 saturated heterocycles. The molecule has 0 aromatic carbocycles. The first kappa shape index (κ1) is 19.6. The Morgan fingerprint density at radius 3 is 2.42 bits per heavy atom. The summed E-state index contributed by atoms with van der Waals surface area (Å²) in [4.78, 5) is 24.4. The van der Waals surface area contributed by atoms with Gasteiger partial charge in [-0.1, -0.05) is 20.8 Å². The molecule has 0 bridgehead atoms. The van der Waals surface area contributed by atoms with Gasteiger partial charge < -0.3 is 9.80 Å². The van der Waals surface area contributed by atoms with Crippen molar-refractivity contribution < 1.29 is 4.79 Å². The van der Waals surface area contributed by atoms with Crippen LogP contribution >= 0.6 is 11.3 Å². The third kappa shape index (κ3) is 4.77. The second-order valence-electron chi connectivity index (χ2n) is 7.91. The average Bonchev–Trinajstić information content (AvgIpc) is 3.13. The Labute approximate surface area is 162 Å². The van der Waals surface area contributed by atoms with Gasteiger partial charge in [0.2, 0.25) is 5.91 Å². The number of hydrogen-bond donors (Lipinski definition) is 0. The summed E-state index contributed by atoms with van der Waals surface area (Å²) in [6, 6.07) is 0. The molecule has 2 fully saturated rings. The molecule has 3 heterocycles. The van der Waals surface area contributed by atoms with Gasteiger partial charge in [-0.3, -0.25) is 9.69 Å². The Kier molecular flexibility index (Phi) is 6.92. The molecule has 1 amide bonds. The predicted molar refractivity (Wildman–Crippen MR) is 109 cm³/mol. The quantitative estimate of drug-likeness (QED) is 0.760. The molecule has 0 spiro atoms. The standard InChI is InChI=1S/C20H34N4OS/c1-4-17(5-2)19(25)23-10-12-24(13-11-23)20-21-18(15-26-20)14-22-8-6-16(3)7-9-22/h15-17H,4-14H2,1-3H3. The van der Waals surface area contributed by atoms with Gasteiger partial charge in [0, 0.05) is 44.0 Å². The summed E-state index contributed by atoms with van der Waals surface area (Å²) in [5.74, 6) is 1.41. The van der Waals surface area contributed by atoms with Gasteiger partial charge in [-0.25, -0.2) is 4.98 Å². The first-order valence-corrected chi connectivity index (χ1v) is 11.2. The van der Waals surface area contributed by atoms with Gasteiger partial charge in [0.05, 0.1) is 5.69 Å². The molecule has 0 unspecified atom stereocenters. The largest absolute Gasteiger partial charge is 0.345 e. The first-order chi connectivity index (χ1) is 12.6. The molecule has 5 nitrogen and oxygen atoms in total. The van der Waals surface area contributed by atoms with E-state index in [1.807, 2.05) is 0 Å². The average molecular weight is 379 g/mol. The number of piperidine rings is 1. The minimum atomic E-state index is 0.195. The van der Waals surface area contributed by atoms with Crippen LogP contribution in [0.15, 0.2) is 5.38 Å². The molecule has 2 aliphatic heterocycles. The smallest absolute Gasteiger partial charge is 0.225 e. The van der Waals surface area contributed by atoms with E-state index in [-0.39, 0.29) is 5.92 Å². The van der Waals surface area contributed by atoms with Gasteiger partial charge in [0.1, 0.15) is 0 Å². The highest BCUT2D eigenvalue weighted by molar-refractivity contribution is 7.13. The maximum Gasteiger partial charge on any atom is 0.225 e. The zero-order valence-corrected chi connectivity index (χ0v) is 17.4. The molecule has 1 aromatic heterocycles. The van der Waals surface area contributed by atoms with Crippen LogP contribution in [0.25, 0.3) is 0 Å². The van der Waals surface area contributed by atoms with Crippen molar-refractivity contribution in [1.82, 2.24) is 14.8 Å². The topological polar surface area (TPSA) is 39.7 Å². The molecule has 6 heteroatoms. The second-order valence-corrected chi connectivity index (χ2v) is 8.74. The lowest BCUT2D eigenvalue weighted by atomic mass is 9.99. The van der Waals surface area contributed by atoms with E-state index in [9.17, 15) is 4.79 Å². The third-order valence-corrected chi connectivity index (χ3v) is 6.95. The molecular weight excluding hydrogens is 344 g/mol. The fourth-order valence-electron chi connectivity index (χ4n) is 3.98. The lowest BCUT2D eigenvalue weighted by Crippen LogP contribution is -2.50. The fraction of sp³-hybridized carbons (Fsp3) is 0.800. The highest BCUT2D eigenvalue weighted by Gasteiger charge is 2.26. The number of carbonyl (C=O) groups is 1. The molecule has 1 aromatic rings. The van der Waals surface area contributed by atoms with Gasteiger partial charge in [-0.05, 0) is 44.7 Å². The SMILES string of the molecule is CCC(CC)C(=O)N1CCN(c2nc(CN3CCC(C)CC3)cs2)CC1. The van der Waals surface area contributed by atoms with E-state index in [0.717, 1.165) is 56.6 Å². The lowest BCUT2D eigenvalue weighted by Gasteiger charge is -2.36. The van der Waals surface area contributed by atoms with Crippen molar-refractivity contribution in [2.75, 3.05) is 44.2 Å². The molecule has 0 aliphatic carbocycles. The van der Waals surface area contributed by atoms with Crippen LogP contribution in [0.1, 0.15) is 52.1 Å². The van der Waals surface area contributed by atoms with Crippen LogP contribution < -0.4 is 4.90 Å². The number of piperazine rings is 1. The predicted octanol–water partition coefficient (Wildman–Crippen LogP) is 3.46. The van der Waals surface area contributed by atoms with Crippen LogP contribution in [0.4, 0.5) is 5.13 Å². The first-order valence-electron chi connectivity index (χ1n) is 10.3. The van der Waals surface area contributed by atoms with E-state index in [0.29, 0.717) is 5.91 Å². The van der Waals surface area contributed by atoms with Crippen LogP contribution in [0.5, 0.6) is 0 Å².